The van der Waals surface area contributed by atoms with Crippen LogP contribution in [-0.2, 0) is 14.2 Å². The van der Waals surface area contributed by atoms with Gasteiger partial charge < -0.3 is 24.4 Å². The molecule has 0 aromatic carbocycles. The summed E-state index contributed by atoms with van der Waals surface area (Å²) in [6, 6.07) is 0.551. The van der Waals surface area contributed by atoms with Crippen LogP contribution in [0.1, 0.15) is 39.0 Å². The summed E-state index contributed by atoms with van der Waals surface area (Å²) in [7, 11) is 3.51. The Bertz CT molecular complexity index is 420. The number of nitrogens with one attached hydrogen (secondary N) is 1. The minimum absolute atomic E-state index is 0. The Hall–Kier alpha value is -0.160. The Morgan fingerprint density at radius 1 is 1.04 bits per heavy atom. The van der Waals surface area contributed by atoms with Crippen molar-refractivity contribution in [2.75, 3.05) is 73.3 Å². The predicted molar refractivity (Wildman–Crippen MR) is 125 cm³/mol. The molecule has 0 aromatic rings. The summed E-state index contributed by atoms with van der Waals surface area (Å²) in [5, 5.41) is 3.48. The van der Waals surface area contributed by atoms with Crippen LogP contribution in [0.3, 0.4) is 0 Å². The van der Waals surface area contributed by atoms with Gasteiger partial charge in [-0.1, -0.05) is 0 Å². The van der Waals surface area contributed by atoms with Crippen molar-refractivity contribution in [2.45, 2.75) is 51.2 Å². The quantitative estimate of drug-likeness (QED) is 0.198. The van der Waals surface area contributed by atoms with Crippen LogP contribution in [0.5, 0.6) is 0 Å². The van der Waals surface area contributed by atoms with Gasteiger partial charge in [-0.25, -0.2) is 0 Å². The van der Waals surface area contributed by atoms with E-state index in [1.807, 2.05) is 0 Å². The van der Waals surface area contributed by atoms with Crippen LogP contribution in [-0.4, -0.2) is 101 Å². The van der Waals surface area contributed by atoms with Gasteiger partial charge in [0.15, 0.2) is 5.96 Å². The summed E-state index contributed by atoms with van der Waals surface area (Å²) in [6.45, 7) is 10.5. The van der Waals surface area contributed by atoms with Crippen molar-refractivity contribution in [1.82, 2.24) is 15.1 Å². The molecule has 8 heteroatoms. The average molecular weight is 512 g/mol. The Kier molecular flexibility index (Phi) is 14.5. The lowest BCUT2D eigenvalue weighted by atomic mass is 10.1. The van der Waals surface area contributed by atoms with Crippen LogP contribution in [0.4, 0.5) is 0 Å². The lowest BCUT2D eigenvalue weighted by molar-refractivity contribution is 0.00989. The molecule has 2 rings (SSSR count). The third kappa shape index (κ3) is 9.11. The number of likely N-dealkylation sites (tertiary alicyclic amines) is 2. The van der Waals surface area contributed by atoms with Crippen molar-refractivity contribution in [3.63, 3.8) is 0 Å². The SMILES string of the molecule is CCNC(=NCC1CCCN1CCOC)N1CCC(OCCCOC)CC1.I. The van der Waals surface area contributed by atoms with Crippen LogP contribution in [0, 0.1) is 0 Å². The normalized spacial score (nSPS) is 21.8. The zero-order valence-electron chi connectivity index (χ0n) is 18.0. The molecule has 0 aromatic heterocycles. The molecule has 7 nitrogen and oxygen atoms in total. The molecule has 0 radical (unpaired) electrons. The number of aliphatic imine (C=N–C) groups is 1. The van der Waals surface area contributed by atoms with Gasteiger partial charge in [0.2, 0.25) is 0 Å². The first-order valence-electron chi connectivity index (χ1n) is 10.6. The fraction of sp³-hybridized carbons (Fsp3) is 0.950. The molecule has 0 spiro atoms. The first-order valence-corrected chi connectivity index (χ1v) is 10.6. The summed E-state index contributed by atoms with van der Waals surface area (Å²) in [5.41, 5.74) is 0. The van der Waals surface area contributed by atoms with Gasteiger partial charge in [-0.05, 0) is 45.6 Å². The molecule has 0 bridgehead atoms. The van der Waals surface area contributed by atoms with Gasteiger partial charge in [-0.15, -0.1) is 24.0 Å². The molecule has 2 aliphatic rings. The third-order valence-corrected chi connectivity index (χ3v) is 5.46. The van der Waals surface area contributed by atoms with E-state index in [9.17, 15) is 0 Å². The number of ether oxygens (including phenoxy) is 3. The van der Waals surface area contributed by atoms with Crippen molar-refractivity contribution >= 4 is 29.9 Å². The molecule has 2 saturated heterocycles. The highest BCUT2D eigenvalue weighted by Gasteiger charge is 2.25. The molecule has 1 unspecified atom stereocenters. The second-order valence-electron chi connectivity index (χ2n) is 7.42. The average Bonchev–Trinajstić information content (AvgIpc) is 3.15. The van der Waals surface area contributed by atoms with E-state index >= 15 is 0 Å². The summed E-state index contributed by atoms with van der Waals surface area (Å²) >= 11 is 0. The van der Waals surface area contributed by atoms with Crippen LogP contribution in [0.25, 0.3) is 0 Å². The van der Waals surface area contributed by atoms with E-state index in [0.717, 1.165) is 77.8 Å². The minimum atomic E-state index is 0. The number of rotatable bonds is 11. The van der Waals surface area contributed by atoms with Crippen molar-refractivity contribution in [3.05, 3.63) is 0 Å². The standard InChI is InChI=1S/C20H40N4O3.HI/c1-4-21-20(22-17-18-7-5-10-23(18)13-16-26-3)24-11-8-19(9-12-24)27-15-6-14-25-2;/h18-19H,4-17H2,1-3H3,(H,21,22);1H. The van der Waals surface area contributed by atoms with Gasteiger partial charge in [0.05, 0.1) is 19.3 Å². The summed E-state index contributed by atoms with van der Waals surface area (Å²) in [5.74, 6) is 1.06. The minimum Gasteiger partial charge on any atom is -0.385 e. The fourth-order valence-corrected chi connectivity index (χ4v) is 3.91. The number of nitrogens with zero attached hydrogens (tertiary/aromatic N) is 3. The number of piperidine rings is 1. The molecule has 1 atom stereocenters. The summed E-state index contributed by atoms with van der Waals surface area (Å²) in [6.07, 6.45) is 6.00. The molecule has 2 heterocycles. The number of hydrogen-bond donors (Lipinski definition) is 1. The largest absolute Gasteiger partial charge is 0.385 e. The molecule has 166 valence electrons. The van der Waals surface area contributed by atoms with Gasteiger partial charge in [0, 0.05) is 59.7 Å². The summed E-state index contributed by atoms with van der Waals surface area (Å²) < 4.78 is 16.3. The highest BCUT2D eigenvalue weighted by atomic mass is 127. The third-order valence-electron chi connectivity index (χ3n) is 5.46. The van der Waals surface area contributed by atoms with E-state index in [-0.39, 0.29) is 24.0 Å². The van der Waals surface area contributed by atoms with Crippen molar-refractivity contribution < 1.29 is 14.2 Å². The molecule has 0 aliphatic carbocycles. The Labute approximate surface area is 188 Å². The van der Waals surface area contributed by atoms with Crippen LogP contribution < -0.4 is 5.32 Å². The van der Waals surface area contributed by atoms with Gasteiger partial charge >= 0.3 is 0 Å². The maximum Gasteiger partial charge on any atom is 0.193 e. The molecule has 0 saturated carbocycles. The number of guanidine groups is 1. The second-order valence-corrected chi connectivity index (χ2v) is 7.42. The van der Waals surface area contributed by atoms with E-state index < -0.39 is 0 Å². The first-order chi connectivity index (χ1) is 13.3. The molecular formula is C20H41IN4O3. The molecule has 0 amide bonds. The van der Waals surface area contributed by atoms with Crippen LogP contribution in [0.2, 0.25) is 0 Å². The van der Waals surface area contributed by atoms with Gasteiger partial charge in [0.1, 0.15) is 0 Å². The molecule has 2 fully saturated rings. The van der Waals surface area contributed by atoms with Crippen molar-refractivity contribution in [1.29, 1.82) is 0 Å². The second kappa shape index (κ2) is 15.6. The molecule has 28 heavy (non-hydrogen) atoms. The van der Waals surface area contributed by atoms with E-state index in [0.29, 0.717) is 12.1 Å². The van der Waals surface area contributed by atoms with E-state index in [4.69, 9.17) is 19.2 Å². The van der Waals surface area contributed by atoms with Gasteiger partial charge in [-0.2, -0.15) is 0 Å². The Balaban J connectivity index is 0.00000392. The molecule has 2 aliphatic heterocycles. The van der Waals surface area contributed by atoms with Crippen LogP contribution >= 0.6 is 24.0 Å². The summed E-state index contributed by atoms with van der Waals surface area (Å²) in [4.78, 5) is 9.90. The van der Waals surface area contributed by atoms with E-state index in [2.05, 4.69) is 22.0 Å². The first kappa shape index (κ1) is 25.9. The van der Waals surface area contributed by atoms with Gasteiger partial charge in [-0.3, -0.25) is 9.89 Å². The maximum atomic E-state index is 5.98. The zero-order chi connectivity index (χ0) is 19.3. The zero-order valence-corrected chi connectivity index (χ0v) is 20.4. The number of methoxy groups -OCH3 is 2. The fourth-order valence-electron chi connectivity index (χ4n) is 3.91. The lowest BCUT2D eigenvalue weighted by Crippen LogP contribution is -2.47. The molecule has 1 N–H and O–H groups in total. The predicted octanol–water partition coefficient (Wildman–Crippen LogP) is 2.20. The maximum absolute atomic E-state index is 5.98. The molecular weight excluding hydrogens is 471 g/mol. The van der Waals surface area contributed by atoms with Crippen molar-refractivity contribution in [3.8, 4) is 0 Å². The topological polar surface area (TPSA) is 58.6 Å². The van der Waals surface area contributed by atoms with E-state index in [1.54, 1.807) is 14.2 Å². The lowest BCUT2D eigenvalue weighted by Gasteiger charge is -2.34. The highest BCUT2D eigenvalue weighted by Crippen LogP contribution is 2.18. The van der Waals surface area contributed by atoms with Crippen LogP contribution in [0.15, 0.2) is 4.99 Å². The van der Waals surface area contributed by atoms with Gasteiger partial charge in [0.25, 0.3) is 0 Å². The Morgan fingerprint density at radius 2 is 1.79 bits per heavy atom. The smallest absolute Gasteiger partial charge is 0.193 e. The monoisotopic (exact) mass is 512 g/mol. The number of halogens is 1. The van der Waals surface area contributed by atoms with E-state index in [1.165, 1.54) is 19.4 Å². The Morgan fingerprint density at radius 3 is 2.46 bits per heavy atom. The van der Waals surface area contributed by atoms with Crippen molar-refractivity contribution in [2.24, 2.45) is 4.99 Å². The number of hydrogen-bond acceptors (Lipinski definition) is 5. The highest BCUT2D eigenvalue weighted by molar-refractivity contribution is 14.0.